The third-order valence-corrected chi connectivity index (χ3v) is 5.64. The monoisotopic (exact) mass is 486 g/mol. The lowest BCUT2D eigenvalue weighted by Crippen LogP contribution is -2.60. The largest absolute Gasteiger partial charge is 0.480 e. The molecule has 0 aliphatic heterocycles. The lowest BCUT2D eigenvalue weighted by Gasteiger charge is -2.30. The second-order valence-electron chi connectivity index (χ2n) is 8.42. The van der Waals surface area contributed by atoms with Gasteiger partial charge in [-0.15, -0.1) is 0 Å². The minimum Gasteiger partial charge on any atom is -0.480 e. The third-order valence-electron chi connectivity index (χ3n) is 5.64. The summed E-state index contributed by atoms with van der Waals surface area (Å²) in [5.74, 6) is -5.75. The average molecular weight is 487 g/mol. The highest BCUT2D eigenvalue weighted by Gasteiger charge is 2.34. The van der Waals surface area contributed by atoms with E-state index in [4.69, 9.17) is 17.2 Å². The quantitative estimate of drug-likeness (QED) is 0.129. The fraction of sp³-hybridized carbons (Fsp3) is 0.714. The van der Waals surface area contributed by atoms with Crippen LogP contribution in [0.5, 0.6) is 0 Å². The average Bonchev–Trinajstić information content (AvgIpc) is 2.75. The van der Waals surface area contributed by atoms with E-state index < -0.39 is 66.1 Å². The Morgan fingerprint density at radius 3 is 1.59 bits per heavy atom. The molecular formula is C21H38N6O7. The number of rotatable bonds is 16. The van der Waals surface area contributed by atoms with Gasteiger partial charge in [-0.05, 0) is 18.3 Å². The second kappa shape index (κ2) is 14.8. The molecule has 0 fully saturated rings. The smallest absolute Gasteiger partial charge is 0.326 e. The van der Waals surface area contributed by atoms with Gasteiger partial charge in [0.2, 0.25) is 29.5 Å². The molecule has 0 rings (SSSR count). The fourth-order valence-electron chi connectivity index (χ4n) is 3.02. The summed E-state index contributed by atoms with van der Waals surface area (Å²) in [6, 6.07) is -4.80. The Morgan fingerprint density at radius 2 is 1.21 bits per heavy atom. The number of nitrogens with one attached hydrogen (secondary N) is 3. The van der Waals surface area contributed by atoms with E-state index in [0.717, 1.165) is 0 Å². The third kappa shape index (κ3) is 10.6. The predicted molar refractivity (Wildman–Crippen MR) is 123 cm³/mol. The number of primary amides is 2. The SMILES string of the molecule is CCC(C)C(NC(=O)C(N)CC(N)=O)C(=O)NC(C(=O)NC(CCC(N)=O)C(=O)O)C(C)CC. The molecule has 13 heteroatoms. The van der Waals surface area contributed by atoms with Crippen LogP contribution in [0.4, 0.5) is 0 Å². The molecule has 6 atom stereocenters. The van der Waals surface area contributed by atoms with Gasteiger partial charge in [0, 0.05) is 6.42 Å². The van der Waals surface area contributed by atoms with Gasteiger partial charge in [0.1, 0.15) is 18.1 Å². The van der Waals surface area contributed by atoms with Crippen LogP contribution in [0.25, 0.3) is 0 Å². The van der Waals surface area contributed by atoms with Crippen LogP contribution >= 0.6 is 0 Å². The van der Waals surface area contributed by atoms with Crippen LogP contribution in [0.3, 0.4) is 0 Å². The van der Waals surface area contributed by atoms with Crippen molar-refractivity contribution < 1.29 is 33.9 Å². The Morgan fingerprint density at radius 1 is 0.765 bits per heavy atom. The van der Waals surface area contributed by atoms with Crippen molar-refractivity contribution in [2.75, 3.05) is 0 Å². The summed E-state index contributed by atoms with van der Waals surface area (Å²) >= 11 is 0. The van der Waals surface area contributed by atoms with Crippen LogP contribution < -0.4 is 33.2 Å². The molecule has 0 saturated heterocycles. The van der Waals surface area contributed by atoms with Crippen LogP contribution in [-0.2, 0) is 28.8 Å². The van der Waals surface area contributed by atoms with E-state index in [9.17, 15) is 33.9 Å². The van der Waals surface area contributed by atoms with Gasteiger partial charge in [0.05, 0.1) is 12.5 Å². The van der Waals surface area contributed by atoms with Crippen LogP contribution in [0.1, 0.15) is 59.8 Å². The van der Waals surface area contributed by atoms with E-state index in [1.165, 1.54) is 0 Å². The highest BCUT2D eigenvalue weighted by Crippen LogP contribution is 2.13. The first-order valence-corrected chi connectivity index (χ1v) is 11.2. The minimum absolute atomic E-state index is 0.207. The fourth-order valence-corrected chi connectivity index (χ4v) is 3.02. The van der Waals surface area contributed by atoms with Crippen molar-refractivity contribution in [1.82, 2.24) is 16.0 Å². The van der Waals surface area contributed by atoms with Gasteiger partial charge in [0.15, 0.2) is 0 Å². The number of carboxylic acid groups (broad SMARTS) is 1. The number of aliphatic carboxylic acids is 1. The zero-order valence-electron chi connectivity index (χ0n) is 20.1. The molecule has 13 nitrogen and oxygen atoms in total. The summed E-state index contributed by atoms with van der Waals surface area (Å²) in [7, 11) is 0. The Kier molecular flexibility index (Phi) is 13.4. The summed E-state index contributed by atoms with van der Waals surface area (Å²) < 4.78 is 0. The number of carbonyl (C=O) groups is 6. The minimum atomic E-state index is -1.37. The van der Waals surface area contributed by atoms with Crippen molar-refractivity contribution in [3.05, 3.63) is 0 Å². The first-order chi connectivity index (χ1) is 15.7. The van der Waals surface area contributed by atoms with Gasteiger partial charge in [-0.25, -0.2) is 4.79 Å². The van der Waals surface area contributed by atoms with Gasteiger partial charge in [-0.1, -0.05) is 40.5 Å². The molecule has 10 N–H and O–H groups in total. The molecule has 6 unspecified atom stereocenters. The molecular weight excluding hydrogens is 448 g/mol. The molecule has 0 aromatic rings. The number of amides is 5. The second-order valence-corrected chi connectivity index (χ2v) is 8.42. The number of nitrogens with two attached hydrogens (primary N) is 3. The highest BCUT2D eigenvalue weighted by molar-refractivity contribution is 5.95. The summed E-state index contributed by atoms with van der Waals surface area (Å²) in [5.41, 5.74) is 15.8. The van der Waals surface area contributed by atoms with Gasteiger partial charge >= 0.3 is 5.97 Å². The van der Waals surface area contributed by atoms with Gasteiger partial charge in [-0.2, -0.15) is 0 Å². The summed E-state index contributed by atoms with van der Waals surface area (Å²) in [5, 5.41) is 16.8. The summed E-state index contributed by atoms with van der Waals surface area (Å²) in [6.07, 6.45) is 0.117. The number of carbonyl (C=O) groups excluding carboxylic acids is 5. The van der Waals surface area contributed by atoms with E-state index in [2.05, 4.69) is 16.0 Å². The Labute approximate surface area is 198 Å². The Balaban J connectivity index is 5.62. The molecule has 0 radical (unpaired) electrons. The first-order valence-electron chi connectivity index (χ1n) is 11.2. The van der Waals surface area contributed by atoms with Crippen molar-refractivity contribution in [2.24, 2.45) is 29.0 Å². The van der Waals surface area contributed by atoms with Crippen molar-refractivity contribution >= 4 is 35.5 Å². The van der Waals surface area contributed by atoms with E-state index >= 15 is 0 Å². The van der Waals surface area contributed by atoms with Crippen molar-refractivity contribution in [2.45, 2.75) is 84.0 Å². The van der Waals surface area contributed by atoms with Crippen LogP contribution in [0.2, 0.25) is 0 Å². The van der Waals surface area contributed by atoms with E-state index in [1.54, 1.807) is 27.7 Å². The molecule has 194 valence electrons. The molecule has 0 aliphatic rings. The van der Waals surface area contributed by atoms with E-state index in [0.29, 0.717) is 12.8 Å². The molecule has 34 heavy (non-hydrogen) atoms. The first kappa shape index (κ1) is 30.8. The van der Waals surface area contributed by atoms with Gasteiger partial charge in [-0.3, -0.25) is 24.0 Å². The lowest BCUT2D eigenvalue weighted by molar-refractivity contribution is -0.143. The van der Waals surface area contributed by atoms with Gasteiger partial charge < -0.3 is 38.3 Å². The Bertz CT molecular complexity index is 760. The van der Waals surface area contributed by atoms with Crippen LogP contribution in [0, 0.1) is 11.8 Å². The lowest BCUT2D eigenvalue weighted by atomic mass is 9.94. The highest BCUT2D eigenvalue weighted by atomic mass is 16.4. The molecule has 0 heterocycles. The number of hydrogen-bond acceptors (Lipinski definition) is 7. The maximum atomic E-state index is 13.1. The maximum absolute atomic E-state index is 13.1. The van der Waals surface area contributed by atoms with Crippen LogP contribution in [0.15, 0.2) is 0 Å². The normalized spacial score (nSPS) is 16.1. The Hall–Kier alpha value is -3.22. The summed E-state index contributed by atoms with van der Waals surface area (Å²) in [6.45, 7) is 7.00. The molecule has 0 spiro atoms. The topological polar surface area (TPSA) is 237 Å². The molecule has 0 aliphatic carbocycles. The van der Waals surface area contributed by atoms with Crippen molar-refractivity contribution in [1.29, 1.82) is 0 Å². The predicted octanol–water partition coefficient (Wildman–Crippen LogP) is -1.91. The van der Waals surface area contributed by atoms with Crippen molar-refractivity contribution in [3.63, 3.8) is 0 Å². The summed E-state index contributed by atoms with van der Waals surface area (Å²) in [4.78, 5) is 71.9. The molecule has 5 amide bonds. The molecule has 0 aromatic heterocycles. The standard InChI is InChI=1S/C21H38N6O7/c1-5-10(3)16(19(31)25-13(21(33)34)7-8-14(23)28)27-20(32)17(11(4)6-2)26-18(30)12(22)9-15(24)29/h10-13,16-17H,5-9,22H2,1-4H3,(H2,23,28)(H2,24,29)(H,25,31)(H,26,30)(H,27,32)(H,33,34). The maximum Gasteiger partial charge on any atom is 0.326 e. The molecule has 0 bridgehead atoms. The van der Waals surface area contributed by atoms with E-state index in [1.807, 2.05) is 0 Å². The van der Waals surface area contributed by atoms with Crippen molar-refractivity contribution in [3.8, 4) is 0 Å². The van der Waals surface area contributed by atoms with Gasteiger partial charge in [0.25, 0.3) is 0 Å². The number of carboxylic acids is 1. The zero-order valence-corrected chi connectivity index (χ0v) is 20.1. The molecule has 0 aromatic carbocycles. The van der Waals surface area contributed by atoms with Crippen LogP contribution in [-0.4, -0.2) is 64.8 Å². The van der Waals surface area contributed by atoms with E-state index in [-0.39, 0.29) is 24.7 Å². The zero-order chi connectivity index (χ0) is 26.6. The molecule has 0 saturated carbocycles. The number of hydrogen-bond donors (Lipinski definition) is 7.